The first kappa shape index (κ1) is 7.68. The Morgan fingerprint density at radius 2 is 1.78 bits per heavy atom. The minimum atomic E-state index is 0.218. The van der Waals surface area contributed by atoms with E-state index in [2.05, 4.69) is 6.92 Å². The zero-order valence-electron chi connectivity index (χ0n) is 5.61. The van der Waals surface area contributed by atoms with Gasteiger partial charge in [-0.05, 0) is 25.2 Å². The van der Waals surface area contributed by atoms with Gasteiger partial charge in [-0.25, -0.2) is 0 Å². The maximum absolute atomic E-state index is 5.93. The minimum Gasteiger partial charge on any atom is -0.121 e. The lowest BCUT2D eigenvalue weighted by Crippen LogP contribution is -2.24. The van der Waals surface area contributed by atoms with Gasteiger partial charge in [0.2, 0.25) is 0 Å². The number of halogens is 2. The SMILES string of the molecule is C[C@H]1CCC(Cl)C(Cl)C1. The zero-order valence-corrected chi connectivity index (χ0v) is 7.12. The van der Waals surface area contributed by atoms with E-state index in [-0.39, 0.29) is 10.8 Å². The van der Waals surface area contributed by atoms with Gasteiger partial charge in [0.05, 0.1) is 5.38 Å². The summed E-state index contributed by atoms with van der Waals surface area (Å²) < 4.78 is 0. The van der Waals surface area contributed by atoms with Gasteiger partial charge in [0.25, 0.3) is 0 Å². The number of alkyl halides is 2. The second-order valence-electron chi connectivity index (χ2n) is 2.95. The number of hydrogen-bond acceptors (Lipinski definition) is 0. The van der Waals surface area contributed by atoms with Crippen molar-refractivity contribution in [3.8, 4) is 0 Å². The molecule has 0 nitrogen and oxygen atoms in total. The van der Waals surface area contributed by atoms with Gasteiger partial charge in [0.1, 0.15) is 0 Å². The van der Waals surface area contributed by atoms with Crippen LogP contribution in [0.4, 0.5) is 0 Å². The van der Waals surface area contributed by atoms with Gasteiger partial charge in [-0.3, -0.25) is 0 Å². The van der Waals surface area contributed by atoms with Crippen molar-refractivity contribution in [3.05, 3.63) is 0 Å². The molecular weight excluding hydrogens is 155 g/mol. The molecule has 9 heavy (non-hydrogen) atoms. The Morgan fingerprint density at radius 3 is 2.22 bits per heavy atom. The van der Waals surface area contributed by atoms with Gasteiger partial charge in [-0.2, -0.15) is 0 Å². The van der Waals surface area contributed by atoms with Gasteiger partial charge < -0.3 is 0 Å². The fourth-order valence-electron chi connectivity index (χ4n) is 1.27. The molecule has 1 aliphatic carbocycles. The maximum atomic E-state index is 5.93. The molecular formula is C7H12Cl2. The highest BCUT2D eigenvalue weighted by molar-refractivity contribution is 6.30. The average molecular weight is 167 g/mol. The van der Waals surface area contributed by atoms with Crippen molar-refractivity contribution in [1.29, 1.82) is 0 Å². The molecule has 54 valence electrons. The summed E-state index contributed by atoms with van der Waals surface area (Å²) in [6.45, 7) is 2.23. The maximum Gasteiger partial charge on any atom is 0.0502 e. The molecule has 1 aliphatic rings. The molecule has 0 bridgehead atoms. The third kappa shape index (κ3) is 2.01. The average Bonchev–Trinajstić information content (AvgIpc) is 1.80. The van der Waals surface area contributed by atoms with Crippen LogP contribution in [-0.2, 0) is 0 Å². The van der Waals surface area contributed by atoms with Crippen molar-refractivity contribution in [1.82, 2.24) is 0 Å². The molecule has 0 heterocycles. The fourth-order valence-corrected chi connectivity index (χ4v) is 1.93. The highest BCUT2D eigenvalue weighted by Gasteiger charge is 2.24. The van der Waals surface area contributed by atoms with Crippen LogP contribution in [0.5, 0.6) is 0 Å². The monoisotopic (exact) mass is 166 g/mol. The van der Waals surface area contributed by atoms with E-state index in [0.717, 1.165) is 18.8 Å². The molecule has 1 rings (SSSR count). The van der Waals surface area contributed by atoms with Gasteiger partial charge in [-0.1, -0.05) is 6.92 Å². The summed E-state index contributed by atoms with van der Waals surface area (Å²) in [7, 11) is 0. The van der Waals surface area contributed by atoms with Crippen LogP contribution >= 0.6 is 23.2 Å². The van der Waals surface area contributed by atoms with Crippen LogP contribution in [0, 0.1) is 5.92 Å². The Hall–Kier alpha value is 0.580. The van der Waals surface area contributed by atoms with E-state index in [1.54, 1.807) is 0 Å². The van der Waals surface area contributed by atoms with Crippen LogP contribution in [0.25, 0.3) is 0 Å². The van der Waals surface area contributed by atoms with E-state index >= 15 is 0 Å². The van der Waals surface area contributed by atoms with Crippen LogP contribution in [0.2, 0.25) is 0 Å². The molecule has 0 N–H and O–H groups in total. The summed E-state index contributed by atoms with van der Waals surface area (Å²) in [5.41, 5.74) is 0. The molecule has 0 saturated heterocycles. The second-order valence-corrected chi connectivity index (χ2v) is 4.07. The molecule has 0 amide bonds. The molecule has 2 heteroatoms. The van der Waals surface area contributed by atoms with E-state index in [1.807, 2.05) is 0 Å². The molecule has 2 unspecified atom stereocenters. The predicted molar refractivity (Wildman–Crippen MR) is 42.3 cm³/mol. The summed E-state index contributed by atoms with van der Waals surface area (Å²) in [6, 6.07) is 0. The summed E-state index contributed by atoms with van der Waals surface area (Å²) >= 11 is 11.8. The van der Waals surface area contributed by atoms with E-state index in [1.165, 1.54) is 6.42 Å². The standard InChI is InChI=1S/C7H12Cl2/c1-5-2-3-6(8)7(9)4-5/h5-7H,2-4H2,1H3/t5-,6?,7?/m0/s1. The van der Waals surface area contributed by atoms with Crippen molar-refractivity contribution < 1.29 is 0 Å². The third-order valence-electron chi connectivity index (χ3n) is 1.96. The summed E-state index contributed by atoms with van der Waals surface area (Å²) in [4.78, 5) is 0. The van der Waals surface area contributed by atoms with Crippen molar-refractivity contribution in [2.45, 2.75) is 36.9 Å². The van der Waals surface area contributed by atoms with Crippen LogP contribution < -0.4 is 0 Å². The van der Waals surface area contributed by atoms with Crippen molar-refractivity contribution in [2.75, 3.05) is 0 Å². The Kier molecular flexibility index (Phi) is 2.66. The number of hydrogen-bond donors (Lipinski definition) is 0. The van der Waals surface area contributed by atoms with E-state index in [0.29, 0.717) is 0 Å². The number of rotatable bonds is 0. The lowest BCUT2D eigenvalue weighted by Gasteiger charge is -2.26. The first-order valence-electron chi connectivity index (χ1n) is 3.48. The normalized spacial score (nSPS) is 45.0. The van der Waals surface area contributed by atoms with Crippen molar-refractivity contribution >= 4 is 23.2 Å². The third-order valence-corrected chi connectivity index (χ3v) is 3.09. The van der Waals surface area contributed by atoms with Crippen molar-refractivity contribution in [3.63, 3.8) is 0 Å². The Bertz CT molecular complexity index is 92.9. The lowest BCUT2D eigenvalue weighted by molar-refractivity contribution is 0.395. The summed E-state index contributed by atoms with van der Waals surface area (Å²) in [6.07, 6.45) is 3.43. The van der Waals surface area contributed by atoms with E-state index in [9.17, 15) is 0 Å². The lowest BCUT2D eigenvalue weighted by atomic mass is 9.90. The molecule has 0 spiro atoms. The van der Waals surface area contributed by atoms with E-state index < -0.39 is 0 Å². The zero-order chi connectivity index (χ0) is 6.85. The second kappa shape index (κ2) is 3.12. The first-order chi connectivity index (χ1) is 4.20. The minimum absolute atomic E-state index is 0.218. The smallest absolute Gasteiger partial charge is 0.0502 e. The fraction of sp³-hybridized carbons (Fsp3) is 1.00. The topological polar surface area (TPSA) is 0 Å². The van der Waals surface area contributed by atoms with Gasteiger partial charge in [0.15, 0.2) is 0 Å². The molecule has 0 aromatic rings. The van der Waals surface area contributed by atoms with E-state index in [4.69, 9.17) is 23.2 Å². The molecule has 1 saturated carbocycles. The quantitative estimate of drug-likeness (QED) is 0.486. The van der Waals surface area contributed by atoms with Gasteiger partial charge in [0, 0.05) is 5.38 Å². The van der Waals surface area contributed by atoms with Crippen LogP contribution in [0.15, 0.2) is 0 Å². The van der Waals surface area contributed by atoms with Gasteiger partial charge in [-0.15, -0.1) is 23.2 Å². The van der Waals surface area contributed by atoms with Gasteiger partial charge >= 0.3 is 0 Å². The first-order valence-corrected chi connectivity index (χ1v) is 4.35. The molecule has 0 aromatic heterocycles. The van der Waals surface area contributed by atoms with Crippen molar-refractivity contribution in [2.24, 2.45) is 5.92 Å². The molecule has 0 radical (unpaired) electrons. The predicted octanol–water partition coefficient (Wildman–Crippen LogP) is 3.02. The molecule has 1 fully saturated rings. The summed E-state index contributed by atoms with van der Waals surface area (Å²) in [5.74, 6) is 0.780. The van der Waals surface area contributed by atoms with Crippen LogP contribution in [-0.4, -0.2) is 10.8 Å². The Balaban J connectivity index is 2.35. The Morgan fingerprint density at radius 1 is 1.11 bits per heavy atom. The highest BCUT2D eigenvalue weighted by atomic mass is 35.5. The van der Waals surface area contributed by atoms with Crippen LogP contribution in [0.3, 0.4) is 0 Å². The molecule has 3 atom stereocenters. The largest absolute Gasteiger partial charge is 0.121 e. The summed E-state index contributed by atoms with van der Waals surface area (Å²) in [5, 5.41) is 0.443. The highest BCUT2D eigenvalue weighted by Crippen LogP contribution is 2.30. The van der Waals surface area contributed by atoms with Crippen LogP contribution in [0.1, 0.15) is 26.2 Å². The Labute approximate surface area is 66.5 Å². The molecule has 0 aromatic carbocycles. The molecule has 0 aliphatic heterocycles.